The van der Waals surface area contributed by atoms with Gasteiger partial charge in [0, 0.05) is 12.4 Å². The first-order valence-corrected chi connectivity index (χ1v) is 8.15. The molecule has 0 saturated carbocycles. The number of rotatable bonds is 2. The molecule has 4 aromatic rings. The number of benzene rings is 2. The van der Waals surface area contributed by atoms with E-state index in [0.717, 1.165) is 39.5 Å². The average Bonchev–Trinajstić information content (AvgIpc) is 3.11. The van der Waals surface area contributed by atoms with Gasteiger partial charge < -0.3 is 14.5 Å². The van der Waals surface area contributed by atoms with Crippen LogP contribution in [0.2, 0.25) is 0 Å². The standard InChI is InChI=1S/C20H15N3O2/c1-2-4-18-17(3-1)24-12-19(25-18)20-22-15-6-5-14(11-16(15)23-20)13-7-9-21-10-8-13/h1-11,19H,12H2,(H,22,23)/t19-/m0/s1. The largest absolute Gasteiger partial charge is 0.485 e. The monoisotopic (exact) mass is 329 g/mol. The number of ether oxygens (including phenoxy) is 2. The molecule has 2 aromatic carbocycles. The predicted octanol–water partition coefficient (Wildman–Crippen LogP) is 4.14. The molecule has 0 saturated heterocycles. The molecule has 0 unspecified atom stereocenters. The minimum atomic E-state index is -0.244. The van der Waals surface area contributed by atoms with Crippen LogP contribution in [-0.4, -0.2) is 21.6 Å². The smallest absolute Gasteiger partial charge is 0.190 e. The van der Waals surface area contributed by atoms with Gasteiger partial charge in [0.2, 0.25) is 0 Å². The number of aromatic amines is 1. The maximum atomic E-state index is 6.04. The Bertz CT molecular complexity index is 1040. The molecule has 0 spiro atoms. The van der Waals surface area contributed by atoms with Gasteiger partial charge in [-0.15, -0.1) is 0 Å². The van der Waals surface area contributed by atoms with Gasteiger partial charge >= 0.3 is 0 Å². The van der Waals surface area contributed by atoms with Crippen LogP contribution in [0.3, 0.4) is 0 Å². The van der Waals surface area contributed by atoms with Crippen molar-refractivity contribution >= 4 is 11.0 Å². The minimum absolute atomic E-state index is 0.244. The summed E-state index contributed by atoms with van der Waals surface area (Å²) in [6.07, 6.45) is 3.34. The highest BCUT2D eigenvalue weighted by Gasteiger charge is 2.25. The van der Waals surface area contributed by atoms with Crippen LogP contribution in [0.15, 0.2) is 67.0 Å². The van der Waals surface area contributed by atoms with E-state index < -0.39 is 0 Å². The zero-order chi connectivity index (χ0) is 16.6. The van der Waals surface area contributed by atoms with Crippen LogP contribution in [0.4, 0.5) is 0 Å². The molecule has 25 heavy (non-hydrogen) atoms. The number of H-pyrrole nitrogens is 1. The number of nitrogens with zero attached hydrogens (tertiary/aromatic N) is 2. The molecule has 5 rings (SSSR count). The summed E-state index contributed by atoms with van der Waals surface area (Å²) >= 11 is 0. The van der Waals surface area contributed by atoms with Gasteiger partial charge in [-0.1, -0.05) is 18.2 Å². The Morgan fingerprint density at radius 3 is 2.64 bits per heavy atom. The van der Waals surface area contributed by atoms with Gasteiger partial charge in [0.1, 0.15) is 6.61 Å². The minimum Gasteiger partial charge on any atom is -0.485 e. The van der Waals surface area contributed by atoms with Crippen molar-refractivity contribution in [3.05, 3.63) is 72.8 Å². The predicted molar refractivity (Wildman–Crippen MR) is 94.6 cm³/mol. The molecule has 5 heteroatoms. The van der Waals surface area contributed by atoms with Crippen molar-refractivity contribution in [3.63, 3.8) is 0 Å². The molecule has 2 aromatic heterocycles. The Balaban J connectivity index is 1.49. The van der Waals surface area contributed by atoms with Crippen LogP contribution < -0.4 is 9.47 Å². The lowest BCUT2D eigenvalue weighted by molar-refractivity contribution is 0.0859. The number of fused-ring (bicyclic) bond motifs is 2. The van der Waals surface area contributed by atoms with Crippen LogP contribution in [0, 0.1) is 0 Å². The number of hydrogen-bond donors (Lipinski definition) is 1. The zero-order valence-electron chi connectivity index (χ0n) is 13.3. The number of pyridine rings is 1. The summed E-state index contributed by atoms with van der Waals surface area (Å²) in [7, 11) is 0. The zero-order valence-corrected chi connectivity index (χ0v) is 13.3. The van der Waals surface area contributed by atoms with Crippen molar-refractivity contribution in [3.8, 4) is 22.6 Å². The molecule has 0 fully saturated rings. The number of nitrogens with one attached hydrogen (secondary N) is 1. The number of aromatic nitrogens is 3. The molecular weight excluding hydrogens is 314 g/mol. The van der Waals surface area contributed by atoms with E-state index >= 15 is 0 Å². The summed E-state index contributed by atoms with van der Waals surface area (Å²) in [4.78, 5) is 12.1. The highest BCUT2D eigenvalue weighted by atomic mass is 16.6. The quantitative estimate of drug-likeness (QED) is 0.600. The summed E-state index contributed by atoms with van der Waals surface area (Å²) in [6, 6.07) is 17.9. The molecule has 3 heterocycles. The fraction of sp³-hybridized carbons (Fsp3) is 0.100. The lowest BCUT2D eigenvalue weighted by Crippen LogP contribution is -2.22. The third-order valence-electron chi connectivity index (χ3n) is 4.33. The van der Waals surface area contributed by atoms with Crippen LogP contribution in [0.25, 0.3) is 22.2 Å². The highest BCUT2D eigenvalue weighted by Crippen LogP contribution is 2.35. The molecule has 1 N–H and O–H groups in total. The Morgan fingerprint density at radius 1 is 0.920 bits per heavy atom. The van der Waals surface area contributed by atoms with Gasteiger partial charge in [0.15, 0.2) is 23.4 Å². The summed E-state index contributed by atoms with van der Waals surface area (Å²) in [5.41, 5.74) is 4.12. The van der Waals surface area contributed by atoms with Gasteiger partial charge in [-0.3, -0.25) is 4.98 Å². The van der Waals surface area contributed by atoms with Crippen LogP contribution in [0.5, 0.6) is 11.5 Å². The number of imidazole rings is 1. The topological polar surface area (TPSA) is 60.0 Å². The van der Waals surface area contributed by atoms with Crippen molar-refractivity contribution in [1.82, 2.24) is 15.0 Å². The van der Waals surface area contributed by atoms with E-state index in [4.69, 9.17) is 14.5 Å². The van der Waals surface area contributed by atoms with Gasteiger partial charge in [-0.25, -0.2) is 4.98 Å². The number of hydrogen-bond acceptors (Lipinski definition) is 4. The van der Waals surface area contributed by atoms with E-state index in [0.29, 0.717) is 6.61 Å². The second kappa shape index (κ2) is 5.63. The normalized spacial score (nSPS) is 16.1. The lowest BCUT2D eigenvalue weighted by Gasteiger charge is -2.24. The summed E-state index contributed by atoms with van der Waals surface area (Å²) in [6.45, 7) is 0.439. The number of para-hydroxylation sites is 2. The molecular formula is C20H15N3O2. The Hall–Kier alpha value is -3.34. The van der Waals surface area contributed by atoms with Crippen molar-refractivity contribution in [1.29, 1.82) is 0 Å². The highest BCUT2D eigenvalue weighted by molar-refractivity contribution is 5.82. The maximum Gasteiger partial charge on any atom is 0.190 e. The van der Waals surface area contributed by atoms with Gasteiger partial charge in [0.25, 0.3) is 0 Å². The lowest BCUT2D eigenvalue weighted by atomic mass is 10.1. The fourth-order valence-electron chi connectivity index (χ4n) is 3.06. The Kier molecular flexibility index (Phi) is 3.16. The van der Waals surface area contributed by atoms with E-state index in [1.54, 1.807) is 12.4 Å². The maximum absolute atomic E-state index is 6.04. The second-order valence-electron chi connectivity index (χ2n) is 5.95. The summed E-state index contributed by atoms with van der Waals surface area (Å²) in [5.74, 6) is 2.29. The molecule has 1 aliphatic rings. The van der Waals surface area contributed by atoms with E-state index in [9.17, 15) is 0 Å². The fourth-order valence-corrected chi connectivity index (χ4v) is 3.06. The van der Waals surface area contributed by atoms with Crippen LogP contribution >= 0.6 is 0 Å². The summed E-state index contributed by atoms with van der Waals surface area (Å²) in [5, 5.41) is 0. The molecule has 0 radical (unpaired) electrons. The van der Waals surface area contributed by atoms with Gasteiger partial charge in [0.05, 0.1) is 11.0 Å². The van der Waals surface area contributed by atoms with Gasteiger partial charge in [-0.05, 0) is 47.5 Å². The van der Waals surface area contributed by atoms with E-state index in [2.05, 4.69) is 22.1 Å². The first-order valence-electron chi connectivity index (χ1n) is 8.15. The molecule has 0 amide bonds. The third kappa shape index (κ3) is 2.50. The van der Waals surface area contributed by atoms with Crippen molar-refractivity contribution in [2.75, 3.05) is 6.61 Å². The van der Waals surface area contributed by atoms with E-state index in [1.807, 2.05) is 42.5 Å². The first kappa shape index (κ1) is 14.0. The van der Waals surface area contributed by atoms with E-state index in [1.165, 1.54) is 0 Å². The molecule has 5 nitrogen and oxygen atoms in total. The molecule has 0 aliphatic carbocycles. The molecule has 1 atom stereocenters. The van der Waals surface area contributed by atoms with Crippen molar-refractivity contribution in [2.45, 2.75) is 6.10 Å². The van der Waals surface area contributed by atoms with E-state index in [-0.39, 0.29) is 6.10 Å². The van der Waals surface area contributed by atoms with Crippen molar-refractivity contribution in [2.24, 2.45) is 0 Å². The molecule has 1 aliphatic heterocycles. The molecule has 122 valence electrons. The Morgan fingerprint density at radius 2 is 1.76 bits per heavy atom. The summed E-state index contributed by atoms with van der Waals surface area (Å²) < 4.78 is 11.8. The second-order valence-corrected chi connectivity index (χ2v) is 5.95. The first-order chi connectivity index (χ1) is 12.4. The van der Waals surface area contributed by atoms with Crippen LogP contribution in [-0.2, 0) is 0 Å². The SMILES string of the molecule is c1ccc2c(c1)OC[C@@H](c1nc3cc(-c4ccncc4)ccc3[nH]1)O2. The Labute approximate surface area is 144 Å². The third-order valence-corrected chi connectivity index (χ3v) is 4.33. The molecule has 0 bridgehead atoms. The van der Waals surface area contributed by atoms with Gasteiger partial charge in [-0.2, -0.15) is 0 Å². The average molecular weight is 329 g/mol. The van der Waals surface area contributed by atoms with Crippen molar-refractivity contribution < 1.29 is 9.47 Å². The van der Waals surface area contributed by atoms with Crippen LogP contribution in [0.1, 0.15) is 11.9 Å².